The number of likely N-dealkylation sites (tertiary alicyclic amines) is 1. The van der Waals surface area contributed by atoms with Gasteiger partial charge in [-0.25, -0.2) is 0 Å². The van der Waals surface area contributed by atoms with Crippen molar-refractivity contribution in [2.24, 2.45) is 5.92 Å². The third-order valence-corrected chi connectivity index (χ3v) is 4.94. The summed E-state index contributed by atoms with van der Waals surface area (Å²) in [6.45, 7) is 3.82. The Morgan fingerprint density at radius 1 is 1.04 bits per heavy atom. The van der Waals surface area contributed by atoms with Crippen molar-refractivity contribution in [1.29, 1.82) is 0 Å². The Morgan fingerprint density at radius 2 is 1.70 bits per heavy atom. The summed E-state index contributed by atoms with van der Waals surface area (Å²) in [5.41, 5.74) is 1.33. The van der Waals surface area contributed by atoms with E-state index in [0.29, 0.717) is 24.7 Å². The number of ether oxygens (including phenoxy) is 2. The fourth-order valence-electron chi connectivity index (χ4n) is 3.41. The summed E-state index contributed by atoms with van der Waals surface area (Å²) < 4.78 is 11.0. The van der Waals surface area contributed by atoms with Crippen LogP contribution in [0.2, 0.25) is 0 Å². The normalized spacial score (nSPS) is 15.3. The van der Waals surface area contributed by atoms with Crippen molar-refractivity contribution >= 4 is 5.91 Å². The van der Waals surface area contributed by atoms with Gasteiger partial charge in [0, 0.05) is 12.5 Å². The molecule has 5 heteroatoms. The summed E-state index contributed by atoms with van der Waals surface area (Å²) in [7, 11) is 1.62. The van der Waals surface area contributed by atoms with Gasteiger partial charge in [-0.05, 0) is 43.6 Å². The number of hydrogen-bond donors (Lipinski definition) is 1. The van der Waals surface area contributed by atoms with E-state index in [1.165, 1.54) is 5.56 Å². The minimum atomic E-state index is 0.100. The van der Waals surface area contributed by atoms with Crippen LogP contribution >= 0.6 is 0 Å². The number of carbonyl (C=O) groups is 1. The zero-order valence-corrected chi connectivity index (χ0v) is 15.9. The first-order valence-electron chi connectivity index (χ1n) is 9.56. The van der Waals surface area contributed by atoms with E-state index in [4.69, 9.17) is 9.47 Å². The van der Waals surface area contributed by atoms with Crippen LogP contribution in [0.3, 0.4) is 0 Å². The van der Waals surface area contributed by atoms with Crippen molar-refractivity contribution in [3.8, 4) is 11.5 Å². The molecule has 0 radical (unpaired) electrons. The van der Waals surface area contributed by atoms with Gasteiger partial charge >= 0.3 is 0 Å². The molecule has 1 aliphatic heterocycles. The summed E-state index contributed by atoms with van der Waals surface area (Å²) in [5.74, 6) is 1.64. The maximum atomic E-state index is 12.4. The average Bonchev–Trinajstić information content (AvgIpc) is 2.72. The number of benzene rings is 2. The van der Waals surface area contributed by atoms with Crippen LogP contribution in [0, 0.1) is 5.92 Å². The summed E-state index contributed by atoms with van der Waals surface area (Å²) >= 11 is 0. The van der Waals surface area contributed by atoms with Gasteiger partial charge in [0.05, 0.1) is 13.7 Å². The molecule has 1 aliphatic rings. The maximum Gasteiger partial charge on any atom is 0.223 e. The Balaban J connectivity index is 1.35. The molecule has 1 amide bonds. The lowest BCUT2D eigenvalue weighted by Crippen LogP contribution is -2.41. The van der Waals surface area contributed by atoms with E-state index in [1.807, 2.05) is 30.3 Å². The van der Waals surface area contributed by atoms with Gasteiger partial charge < -0.3 is 14.8 Å². The van der Waals surface area contributed by atoms with E-state index >= 15 is 0 Å². The molecule has 0 atom stereocenters. The molecule has 2 aromatic carbocycles. The van der Waals surface area contributed by atoms with E-state index in [0.717, 1.165) is 32.5 Å². The van der Waals surface area contributed by atoms with Crippen molar-refractivity contribution < 1.29 is 14.3 Å². The first kappa shape index (κ1) is 19.2. The highest BCUT2D eigenvalue weighted by molar-refractivity contribution is 5.78. The predicted molar refractivity (Wildman–Crippen MR) is 106 cm³/mol. The lowest BCUT2D eigenvalue weighted by Gasteiger charge is -2.31. The van der Waals surface area contributed by atoms with Crippen LogP contribution in [0.5, 0.6) is 11.5 Å². The highest BCUT2D eigenvalue weighted by Crippen LogP contribution is 2.25. The van der Waals surface area contributed by atoms with Crippen LogP contribution in [0.15, 0.2) is 54.6 Å². The van der Waals surface area contributed by atoms with Gasteiger partial charge in [-0.2, -0.15) is 0 Å². The Hall–Kier alpha value is -2.53. The molecule has 0 saturated carbocycles. The first-order chi connectivity index (χ1) is 13.3. The number of piperidine rings is 1. The smallest absolute Gasteiger partial charge is 0.223 e. The Kier molecular flexibility index (Phi) is 7.11. The highest BCUT2D eigenvalue weighted by Gasteiger charge is 2.24. The fourth-order valence-corrected chi connectivity index (χ4v) is 3.41. The van der Waals surface area contributed by atoms with Crippen molar-refractivity contribution in [1.82, 2.24) is 10.2 Å². The monoisotopic (exact) mass is 368 g/mol. The van der Waals surface area contributed by atoms with Gasteiger partial charge in [0.25, 0.3) is 0 Å². The summed E-state index contributed by atoms with van der Waals surface area (Å²) in [6, 6.07) is 18.0. The van der Waals surface area contributed by atoms with Crippen LogP contribution in [0.25, 0.3) is 0 Å². The fraction of sp³-hybridized carbons (Fsp3) is 0.409. The van der Waals surface area contributed by atoms with Crippen LogP contribution in [0.4, 0.5) is 0 Å². The maximum absolute atomic E-state index is 12.4. The number of carbonyl (C=O) groups excluding carboxylic acids is 1. The minimum Gasteiger partial charge on any atom is -0.493 e. The molecule has 1 saturated heterocycles. The topological polar surface area (TPSA) is 50.8 Å². The largest absolute Gasteiger partial charge is 0.493 e. The second kappa shape index (κ2) is 9.97. The van der Waals surface area contributed by atoms with Crippen LogP contribution in [-0.2, 0) is 11.3 Å². The molecule has 3 rings (SSSR count). The Labute approximate surface area is 161 Å². The predicted octanol–water partition coefficient (Wildman–Crippen LogP) is 3.10. The molecule has 1 fully saturated rings. The molecule has 1 N–H and O–H groups in total. The second-order valence-electron chi connectivity index (χ2n) is 6.83. The van der Waals surface area contributed by atoms with Crippen molar-refractivity contribution in [3.63, 3.8) is 0 Å². The first-order valence-corrected chi connectivity index (χ1v) is 9.56. The highest BCUT2D eigenvalue weighted by atomic mass is 16.5. The van der Waals surface area contributed by atoms with Crippen LogP contribution < -0.4 is 14.8 Å². The molecule has 0 aliphatic carbocycles. The number of amides is 1. The Morgan fingerprint density at radius 3 is 2.41 bits per heavy atom. The molecule has 0 spiro atoms. The standard InChI is InChI=1S/C22H28N2O3/c1-26-20-9-5-6-10-21(20)27-16-13-23-22(25)19-11-14-24(15-12-19)17-18-7-3-2-4-8-18/h2-10,19H,11-17H2,1H3,(H,23,25). The SMILES string of the molecule is COc1ccccc1OCCNC(=O)C1CCN(Cc2ccccc2)CC1. The summed E-state index contributed by atoms with van der Waals surface area (Å²) in [5, 5.41) is 3.00. The van der Waals surface area contributed by atoms with Gasteiger partial charge in [-0.1, -0.05) is 42.5 Å². The van der Waals surface area contributed by atoms with E-state index < -0.39 is 0 Å². The molecule has 5 nitrogen and oxygen atoms in total. The van der Waals surface area contributed by atoms with Crippen LogP contribution in [-0.4, -0.2) is 44.2 Å². The molecular weight excluding hydrogens is 340 g/mol. The second-order valence-corrected chi connectivity index (χ2v) is 6.83. The van der Waals surface area contributed by atoms with Gasteiger partial charge in [-0.15, -0.1) is 0 Å². The third kappa shape index (κ3) is 5.73. The molecule has 0 unspecified atom stereocenters. The zero-order valence-electron chi connectivity index (χ0n) is 15.9. The lowest BCUT2D eigenvalue weighted by atomic mass is 9.95. The summed E-state index contributed by atoms with van der Waals surface area (Å²) in [6.07, 6.45) is 1.82. The van der Waals surface area contributed by atoms with E-state index in [1.54, 1.807) is 7.11 Å². The zero-order chi connectivity index (χ0) is 18.9. The average molecular weight is 368 g/mol. The van der Waals surface area contributed by atoms with E-state index in [-0.39, 0.29) is 11.8 Å². The number of methoxy groups -OCH3 is 1. The quantitative estimate of drug-likeness (QED) is 0.728. The molecule has 27 heavy (non-hydrogen) atoms. The van der Waals surface area contributed by atoms with Crippen molar-refractivity contribution in [2.75, 3.05) is 33.4 Å². The summed E-state index contributed by atoms with van der Waals surface area (Å²) in [4.78, 5) is 14.8. The molecular formula is C22H28N2O3. The number of nitrogens with zero attached hydrogens (tertiary/aromatic N) is 1. The lowest BCUT2D eigenvalue weighted by molar-refractivity contribution is -0.126. The number of hydrogen-bond acceptors (Lipinski definition) is 4. The number of rotatable bonds is 8. The molecule has 2 aromatic rings. The van der Waals surface area contributed by atoms with Crippen LogP contribution in [0.1, 0.15) is 18.4 Å². The van der Waals surface area contributed by atoms with Crippen molar-refractivity contribution in [3.05, 3.63) is 60.2 Å². The minimum absolute atomic E-state index is 0.100. The van der Waals surface area contributed by atoms with E-state index in [9.17, 15) is 4.79 Å². The molecule has 144 valence electrons. The molecule has 0 bridgehead atoms. The van der Waals surface area contributed by atoms with Gasteiger partial charge in [-0.3, -0.25) is 9.69 Å². The van der Waals surface area contributed by atoms with Gasteiger partial charge in [0.1, 0.15) is 6.61 Å². The number of nitrogens with one attached hydrogen (secondary N) is 1. The van der Waals surface area contributed by atoms with E-state index in [2.05, 4.69) is 34.5 Å². The van der Waals surface area contributed by atoms with Gasteiger partial charge in [0.2, 0.25) is 5.91 Å². The molecule has 0 aromatic heterocycles. The number of para-hydroxylation sites is 2. The Bertz CT molecular complexity index is 713. The van der Waals surface area contributed by atoms with Gasteiger partial charge in [0.15, 0.2) is 11.5 Å². The molecule has 1 heterocycles. The third-order valence-electron chi connectivity index (χ3n) is 4.94. The van der Waals surface area contributed by atoms with Crippen molar-refractivity contribution in [2.45, 2.75) is 19.4 Å².